The molecule has 10 heteroatoms. The van der Waals surface area contributed by atoms with E-state index in [2.05, 4.69) is 26.0 Å². The number of aliphatic hydroxyl groups is 4. The Morgan fingerprint density at radius 3 is 1.40 bits per heavy atom. The Labute approximate surface area is 306 Å². The van der Waals surface area contributed by atoms with Crippen LogP contribution in [0.3, 0.4) is 0 Å². The van der Waals surface area contributed by atoms with E-state index in [-0.39, 0.29) is 12.8 Å². The summed E-state index contributed by atoms with van der Waals surface area (Å²) in [6, 6.07) is 0. The van der Waals surface area contributed by atoms with Gasteiger partial charge in [0.2, 0.25) is 0 Å². The number of hydrogen-bond donors (Lipinski definition) is 6. The van der Waals surface area contributed by atoms with Crippen molar-refractivity contribution in [1.82, 2.24) is 0 Å². The second kappa shape index (κ2) is 31.8. The van der Waals surface area contributed by atoms with Crippen molar-refractivity contribution < 1.29 is 44.1 Å². The van der Waals surface area contributed by atoms with Crippen LogP contribution in [0.1, 0.15) is 206 Å². The van der Waals surface area contributed by atoms with Gasteiger partial charge in [0.05, 0.1) is 19.3 Å². The van der Waals surface area contributed by atoms with Gasteiger partial charge in [0.1, 0.15) is 5.60 Å². The van der Waals surface area contributed by atoms with Gasteiger partial charge < -0.3 is 30.2 Å². The monoisotopic (exact) mass is 735 g/mol. The van der Waals surface area contributed by atoms with Crippen molar-refractivity contribution in [1.29, 1.82) is 0 Å². The van der Waals surface area contributed by atoms with E-state index < -0.39 is 50.5 Å². The Morgan fingerprint density at radius 2 is 1.02 bits per heavy atom. The summed E-state index contributed by atoms with van der Waals surface area (Å²) < 4.78 is 17.3. The lowest BCUT2D eigenvalue weighted by molar-refractivity contribution is -0.192. The van der Waals surface area contributed by atoms with E-state index in [1.807, 2.05) is 0 Å². The topological polar surface area (TPSA) is 165 Å². The molecule has 0 rings (SSSR count). The number of allylic oxidation sites excluding steroid dienone is 2. The number of carbonyl (C=O) groups excluding carboxylic acids is 1. The van der Waals surface area contributed by atoms with E-state index in [9.17, 15) is 39.6 Å². The van der Waals surface area contributed by atoms with Crippen molar-refractivity contribution in [3.8, 4) is 0 Å². The van der Waals surface area contributed by atoms with Gasteiger partial charge in [-0.25, -0.2) is 4.57 Å². The van der Waals surface area contributed by atoms with Gasteiger partial charge in [-0.3, -0.25) is 9.32 Å². The van der Waals surface area contributed by atoms with Crippen molar-refractivity contribution in [2.24, 2.45) is 0 Å². The molecule has 0 fully saturated rings. The number of phosphoric ester groups is 1. The highest BCUT2D eigenvalue weighted by Crippen LogP contribution is 2.49. The quantitative estimate of drug-likeness (QED) is 0.0206. The Balaban J connectivity index is 4.88. The Morgan fingerprint density at radius 1 is 0.640 bits per heavy atom. The minimum Gasteiger partial charge on any atom is -0.394 e. The number of unbranched alkanes of at least 4 members (excludes halogenated alkanes) is 24. The molecule has 0 aliphatic carbocycles. The first-order valence-corrected chi connectivity index (χ1v) is 22.1. The highest BCUT2D eigenvalue weighted by molar-refractivity contribution is 7.46. The summed E-state index contributed by atoms with van der Waals surface area (Å²) in [7, 11) is -5.36. The van der Waals surface area contributed by atoms with Crippen LogP contribution in [-0.2, 0) is 13.9 Å². The van der Waals surface area contributed by atoms with Crippen LogP contribution < -0.4 is 0 Å². The van der Waals surface area contributed by atoms with Crippen molar-refractivity contribution in [3.63, 3.8) is 0 Å². The summed E-state index contributed by atoms with van der Waals surface area (Å²) >= 11 is 0. The predicted molar refractivity (Wildman–Crippen MR) is 205 cm³/mol. The number of carbonyl (C=O) groups is 1. The van der Waals surface area contributed by atoms with Gasteiger partial charge in [-0.05, 0) is 38.5 Å². The molecular formula is C40H79O9P. The van der Waals surface area contributed by atoms with E-state index >= 15 is 0 Å². The third kappa shape index (κ3) is 24.6. The third-order valence-corrected chi connectivity index (χ3v) is 10.6. The summed E-state index contributed by atoms with van der Waals surface area (Å²) in [4.78, 5) is 33.4. The summed E-state index contributed by atoms with van der Waals surface area (Å²) in [6.45, 7) is 2.68. The molecule has 0 aromatic rings. The average molecular weight is 735 g/mol. The molecule has 0 bridgehead atoms. The van der Waals surface area contributed by atoms with Gasteiger partial charge in [-0.2, -0.15) is 0 Å². The lowest BCUT2D eigenvalue weighted by atomic mass is 9.72. The fourth-order valence-electron chi connectivity index (χ4n) is 6.91. The molecule has 0 aromatic carbocycles. The van der Waals surface area contributed by atoms with Crippen molar-refractivity contribution in [3.05, 3.63) is 12.2 Å². The molecule has 0 radical (unpaired) electrons. The smallest absolute Gasteiger partial charge is 0.394 e. The van der Waals surface area contributed by atoms with Crippen molar-refractivity contribution in [2.75, 3.05) is 13.2 Å². The maximum absolute atomic E-state index is 13.7. The van der Waals surface area contributed by atoms with Crippen LogP contribution in [0.4, 0.5) is 0 Å². The number of Topliss-reactive ketones (excluding diaryl/α,β-unsaturated/α-hetero) is 1. The molecule has 0 aliphatic heterocycles. The first-order chi connectivity index (χ1) is 24.0. The Bertz CT molecular complexity index is 864. The standard InChI is InChI=1S/C40H79O9P/c1-3-5-7-9-11-13-15-17-19-20-22-24-26-28-30-32-38(44)40(34-37(43)35-41,49-50(46,47)48)39(45,36-42)33-31-29-27-25-23-21-18-16-14-12-10-8-6-4-2/h17,19,37,41-43,45H,3-16,18,20-36H2,1-2H3,(H2,46,47,48)/b19-17-. The number of phosphoric acid groups is 1. The SMILES string of the molecule is CCCCCCCC/C=C\CCCCCCCC(=O)C(CC(O)CO)(OP(=O)(O)O)C(O)(CO)CCCCCCCCCCCCCCCC. The molecule has 9 nitrogen and oxygen atoms in total. The fourth-order valence-corrected chi connectivity index (χ4v) is 7.67. The van der Waals surface area contributed by atoms with Crippen LogP contribution in [0.15, 0.2) is 12.2 Å². The summed E-state index contributed by atoms with van der Waals surface area (Å²) in [6.07, 6.45) is 31.5. The molecule has 0 saturated carbocycles. The molecule has 0 aliphatic rings. The molecule has 50 heavy (non-hydrogen) atoms. The number of aliphatic hydroxyl groups excluding tert-OH is 3. The van der Waals surface area contributed by atoms with E-state index in [0.717, 1.165) is 51.4 Å². The second-order valence-corrected chi connectivity index (χ2v) is 15.9. The molecule has 3 atom stereocenters. The lowest BCUT2D eigenvalue weighted by Gasteiger charge is -2.45. The van der Waals surface area contributed by atoms with Crippen molar-refractivity contribution >= 4 is 13.6 Å². The van der Waals surface area contributed by atoms with E-state index in [4.69, 9.17) is 4.52 Å². The maximum atomic E-state index is 13.7. The summed E-state index contributed by atoms with van der Waals surface area (Å²) in [5.74, 6) is -0.784. The van der Waals surface area contributed by atoms with Crippen LogP contribution in [0.25, 0.3) is 0 Å². The lowest BCUT2D eigenvalue weighted by Crippen LogP contribution is -2.64. The molecule has 0 amide bonds. The molecular weight excluding hydrogens is 655 g/mol. The first kappa shape index (κ1) is 49.4. The third-order valence-electron chi connectivity index (χ3n) is 10.1. The Kier molecular flexibility index (Phi) is 31.4. The summed E-state index contributed by atoms with van der Waals surface area (Å²) in [5, 5.41) is 42.0. The molecule has 3 unspecified atom stereocenters. The zero-order valence-corrected chi connectivity index (χ0v) is 33.1. The van der Waals surface area contributed by atoms with Crippen LogP contribution in [0.5, 0.6) is 0 Å². The fraction of sp³-hybridized carbons (Fsp3) is 0.925. The maximum Gasteiger partial charge on any atom is 0.470 e. The summed E-state index contributed by atoms with van der Waals surface area (Å²) in [5.41, 5.74) is -4.92. The number of rotatable bonds is 38. The van der Waals surface area contributed by atoms with Gasteiger partial charge in [-0.15, -0.1) is 0 Å². The van der Waals surface area contributed by atoms with Gasteiger partial charge in [0.25, 0.3) is 0 Å². The normalized spacial score (nSPS) is 15.4. The average Bonchev–Trinajstić information content (AvgIpc) is 3.08. The largest absolute Gasteiger partial charge is 0.470 e. The van der Waals surface area contributed by atoms with Crippen molar-refractivity contribution in [2.45, 2.75) is 224 Å². The minimum atomic E-state index is -5.36. The first-order valence-electron chi connectivity index (χ1n) is 20.6. The second-order valence-electron chi connectivity index (χ2n) is 14.7. The number of ketones is 1. The van der Waals surface area contributed by atoms with E-state index in [1.165, 1.54) is 96.3 Å². The highest BCUT2D eigenvalue weighted by atomic mass is 31.2. The highest BCUT2D eigenvalue weighted by Gasteiger charge is 2.59. The van der Waals surface area contributed by atoms with Gasteiger partial charge >= 0.3 is 7.82 Å². The van der Waals surface area contributed by atoms with Gasteiger partial charge in [0.15, 0.2) is 11.4 Å². The van der Waals surface area contributed by atoms with E-state index in [1.54, 1.807) is 0 Å². The van der Waals surface area contributed by atoms with Crippen LogP contribution >= 0.6 is 7.82 Å². The molecule has 0 heterocycles. The molecule has 6 N–H and O–H groups in total. The van der Waals surface area contributed by atoms with Crippen LogP contribution in [-0.4, -0.2) is 66.5 Å². The van der Waals surface area contributed by atoms with Crippen LogP contribution in [0, 0.1) is 0 Å². The molecule has 298 valence electrons. The van der Waals surface area contributed by atoms with Crippen LogP contribution in [0.2, 0.25) is 0 Å². The molecule has 0 saturated heterocycles. The zero-order chi connectivity index (χ0) is 37.4. The van der Waals surface area contributed by atoms with Gasteiger partial charge in [0, 0.05) is 12.8 Å². The Hall–Kier alpha value is -0.640. The van der Waals surface area contributed by atoms with Gasteiger partial charge in [-0.1, -0.05) is 167 Å². The van der Waals surface area contributed by atoms with E-state index in [0.29, 0.717) is 25.7 Å². The predicted octanol–water partition coefficient (Wildman–Crippen LogP) is 9.78. The number of hydrogen-bond acceptors (Lipinski definition) is 7. The minimum absolute atomic E-state index is 0.141. The zero-order valence-electron chi connectivity index (χ0n) is 32.2. The molecule has 0 spiro atoms. The molecule has 0 aromatic heterocycles.